The fraction of sp³-hybridized carbons (Fsp3) is 0.333. The minimum absolute atomic E-state index is 0.0284. The predicted molar refractivity (Wildman–Crippen MR) is 72.8 cm³/mol. The molecule has 1 saturated heterocycles. The molecule has 2 amide bonds. The quantitative estimate of drug-likeness (QED) is 0.479. The van der Waals surface area contributed by atoms with Gasteiger partial charge in [0, 0.05) is 0 Å². The Labute approximate surface area is 126 Å². The van der Waals surface area contributed by atoms with Crippen LogP contribution in [0.3, 0.4) is 0 Å². The molecule has 2 rings (SSSR count). The lowest BCUT2D eigenvalue weighted by Crippen LogP contribution is -2.73. The molecule has 0 spiro atoms. The number of hydrogen-bond donors (Lipinski definition) is 3. The van der Waals surface area contributed by atoms with Gasteiger partial charge in [-0.15, -0.1) is 0 Å². The minimum atomic E-state index is -4.77. The first kappa shape index (κ1) is 16.2. The van der Waals surface area contributed by atoms with E-state index in [-0.39, 0.29) is 10.9 Å². The fourth-order valence-corrected chi connectivity index (χ4v) is 2.90. The summed E-state index contributed by atoms with van der Waals surface area (Å²) in [5.74, 6) is -1.04. The molecule has 0 saturated carbocycles. The highest BCUT2D eigenvalue weighted by Gasteiger charge is 2.53. The number of carbonyl (C=O) groups excluding carboxylic acids is 2. The summed E-state index contributed by atoms with van der Waals surface area (Å²) in [6, 6.07) is 6.26. The van der Waals surface area contributed by atoms with Crippen molar-refractivity contribution in [3.8, 4) is 0 Å². The molecule has 0 bridgehead atoms. The Morgan fingerprint density at radius 1 is 1.32 bits per heavy atom. The molecule has 0 aliphatic carbocycles. The van der Waals surface area contributed by atoms with Crippen LogP contribution in [0.4, 0.5) is 4.79 Å². The summed E-state index contributed by atoms with van der Waals surface area (Å²) >= 11 is 0. The molecule has 1 fully saturated rings. The highest BCUT2D eigenvalue weighted by molar-refractivity contribution is 7.84. The van der Waals surface area contributed by atoms with E-state index >= 15 is 0 Å². The summed E-state index contributed by atoms with van der Waals surface area (Å²) in [5.41, 5.74) is 0.732. The van der Waals surface area contributed by atoms with Crippen molar-refractivity contribution in [1.82, 2.24) is 9.62 Å². The summed E-state index contributed by atoms with van der Waals surface area (Å²) in [6.45, 7) is -0.769. The summed E-state index contributed by atoms with van der Waals surface area (Å²) in [6.07, 6.45) is -0.935. The predicted octanol–water partition coefficient (Wildman–Crippen LogP) is -0.713. The van der Waals surface area contributed by atoms with Crippen LogP contribution in [-0.2, 0) is 26.4 Å². The smallest absolute Gasteiger partial charge is 0.408 e. The van der Waals surface area contributed by atoms with Crippen molar-refractivity contribution in [2.24, 2.45) is 0 Å². The molecule has 3 N–H and O–H groups in total. The molecule has 2 unspecified atom stereocenters. The van der Waals surface area contributed by atoms with E-state index in [2.05, 4.69) is 5.32 Å². The van der Waals surface area contributed by atoms with Gasteiger partial charge < -0.3 is 15.2 Å². The van der Waals surface area contributed by atoms with E-state index in [0.717, 1.165) is 5.56 Å². The molecule has 0 aromatic heterocycles. The lowest BCUT2D eigenvalue weighted by atomic mass is 10.0. The fourth-order valence-electron chi connectivity index (χ4n) is 2.03. The Balaban J connectivity index is 1.91. The van der Waals surface area contributed by atoms with Crippen LogP contribution in [0, 0.1) is 0 Å². The molecule has 22 heavy (non-hydrogen) atoms. The molecule has 1 aromatic carbocycles. The molecule has 1 aromatic rings. The standard InChI is InChI=1S/C12H14N2O7S/c15-6-9-10(11(16)14(9)22(18,19)20)13-12(17)21-7-8-4-2-1-3-5-8/h1-5,9-10,15H,6-7H2,(H,13,17)(H,18,19,20). The zero-order valence-corrected chi connectivity index (χ0v) is 12.1. The summed E-state index contributed by atoms with van der Waals surface area (Å²) in [7, 11) is -4.77. The van der Waals surface area contributed by atoms with Crippen molar-refractivity contribution in [2.45, 2.75) is 18.7 Å². The van der Waals surface area contributed by atoms with Crippen LogP contribution >= 0.6 is 0 Å². The summed E-state index contributed by atoms with van der Waals surface area (Å²) < 4.78 is 35.7. The summed E-state index contributed by atoms with van der Waals surface area (Å²) in [4.78, 5) is 23.2. The molecule has 0 radical (unpaired) electrons. The van der Waals surface area contributed by atoms with Crippen LogP contribution < -0.4 is 5.32 Å². The Kier molecular flexibility index (Phi) is 4.64. The first-order valence-corrected chi connectivity index (χ1v) is 7.63. The second-order valence-electron chi connectivity index (χ2n) is 4.55. The van der Waals surface area contributed by atoms with E-state index in [1.165, 1.54) is 0 Å². The first-order valence-electron chi connectivity index (χ1n) is 6.23. The first-order chi connectivity index (χ1) is 10.3. The Hall–Kier alpha value is -2.17. The molecule has 10 heteroatoms. The van der Waals surface area contributed by atoms with Crippen LogP contribution in [0.2, 0.25) is 0 Å². The van der Waals surface area contributed by atoms with E-state index in [1.54, 1.807) is 30.3 Å². The number of hydrogen-bond acceptors (Lipinski definition) is 6. The number of aliphatic hydroxyl groups excluding tert-OH is 1. The van der Waals surface area contributed by atoms with Gasteiger partial charge in [-0.1, -0.05) is 30.3 Å². The van der Waals surface area contributed by atoms with Crippen molar-refractivity contribution in [3.05, 3.63) is 35.9 Å². The maximum atomic E-state index is 11.6. The lowest BCUT2D eigenvalue weighted by Gasteiger charge is -2.42. The topological polar surface area (TPSA) is 133 Å². The van der Waals surface area contributed by atoms with E-state index in [9.17, 15) is 18.0 Å². The van der Waals surface area contributed by atoms with Crippen molar-refractivity contribution < 1.29 is 32.4 Å². The third kappa shape index (κ3) is 3.35. The molecule has 120 valence electrons. The van der Waals surface area contributed by atoms with Gasteiger partial charge >= 0.3 is 16.4 Å². The van der Waals surface area contributed by atoms with Gasteiger partial charge in [0.2, 0.25) is 0 Å². The lowest BCUT2D eigenvalue weighted by molar-refractivity contribution is -0.144. The zero-order valence-electron chi connectivity index (χ0n) is 11.2. The molecule has 1 aliphatic heterocycles. The second kappa shape index (κ2) is 6.30. The van der Waals surface area contributed by atoms with Gasteiger partial charge in [0.25, 0.3) is 5.91 Å². The van der Waals surface area contributed by atoms with Crippen LogP contribution in [0.25, 0.3) is 0 Å². The number of benzene rings is 1. The van der Waals surface area contributed by atoms with E-state index in [1.807, 2.05) is 0 Å². The van der Waals surface area contributed by atoms with E-state index in [0.29, 0.717) is 0 Å². The number of amides is 2. The Bertz CT molecular complexity index is 661. The third-order valence-electron chi connectivity index (χ3n) is 3.09. The monoisotopic (exact) mass is 330 g/mol. The molecular weight excluding hydrogens is 316 g/mol. The van der Waals surface area contributed by atoms with Crippen molar-refractivity contribution in [1.29, 1.82) is 0 Å². The van der Waals surface area contributed by atoms with Crippen LogP contribution in [0.5, 0.6) is 0 Å². The molecular formula is C12H14N2O7S. The summed E-state index contributed by atoms with van der Waals surface area (Å²) in [5, 5.41) is 11.2. The van der Waals surface area contributed by atoms with Gasteiger partial charge in [-0.2, -0.15) is 8.42 Å². The minimum Gasteiger partial charge on any atom is -0.445 e. The average Bonchev–Trinajstić information content (AvgIpc) is 2.47. The Morgan fingerprint density at radius 3 is 2.50 bits per heavy atom. The van der Waals surface area contributed by atoms with Crippen LogP contribution in [-0.4, -0.2) is 53.1 Å². The highest BCUT2D eigenvalue weighted by atomic mass is 32.2. The number of nitrogens with zero attached hydrogens (tertiary/aromatic N) is 1. The normalized spacial score (nSPS) is 21.2. The molecule has 1 aliphatic rings. The van der Waals surface area contributed by atoms with E-state index in [4.69, 9.17) is 14.4 Å². The van der Waals surface area contributed by atoms with Gasteiger partial charge in [0.1, 0.15) is 18.7 Å². The van der Waals surface area contributed by atoms with Gasteiger partial charge in [-0.25, -0.2) is 9.10 Å². The van der Waals surface area contributed by atoms with Gasteiger partial charge in [-0.3, -0.25) is 9.35 Å². The zero-order chi connectivity index (χ0) is 16.3. The molecule has 2 atom stereocenters. The van der Waals surface area contributed by atoms with E-state index < -0.39 is 41.0 Å². The van der Waals surface area contributed by atoms with Crippen LogP contribution in [0.15, 0.2) is 30.3 Å². The van der Waals surface area contributed by atoms with Crippen molar-refractivity contribution in [2.75, 3.05) is 6.61 Å². The maximum absolute atomic E-state index is 11.6. The van der Waals surface area contributed by atoms with Crippen molar-refractivity contribution >= 4 is 22.3 Å². The molecule has 9 nitrogen and oxygen atoms in total. The SMILES string of the molecule is O=C(NC1C(=O)N(S(=O)(=O)O)C1CO)OCc1ccccc1. The number of aliphatic hydroxyl groups is 1. The number of nitrogens with one attached hydrogen (secondary N) is 1. The number of β-lactam (4-membered cyclic amide) rings is 1. The second-order valence-corrected chi connectivity index (χ2v) is 5.83. The highest BCUT2D eigenvalue weighted by Crippen LogP contribution is 2.23. The average molecular weight is 330 g/mol. The van der Waals surface area contributed by atoms with Gasteiger partial charge in [-0.05, 0) is 5.56 Å². The molecule has 1 heterocycles. The van der Waals surface area contributed by atoms with Crippen LogP contribution in [0.1, 0.15) is 5.56 Å². The number of ether oxygens (including phenoxy) is 1. The van der Waals surface area contributed by atoms with Crippen molar-refractivity contribution in [3.63, 3.8) is 0 Å². The number of carbonyl (C=O) groups is 2. The van der Waals surface area contributed by atoms with Gasteiger partial charge in [0.15, 0.2) is 0 Å². The number of alkyl carbamates (subject to hydrolysis) is 1. The number of rotatable bonds is 5. The Morgan fingerprint density at radius 2 is 1.95 bits per heavy atom. The maximum Gasteiger partial charge on any atom is 0.408 e. The largest absolute Gasteiger partial charge is 0.445 e. The third-order valence-corrected chi connectivity index (χ3v) is 4.04. The van der Waals surface area contributed by atoms with Gasteiger partial charge in [0.05, 0.1) is 6.61 Å².